The zero-order valence-corrected chi connectivity index (χ0v) is 14.6. The van der Waals surface area contributed by atoms with Crippen molar-refractivity contribution in [2.24, 2.45) is 0 Å². The maximum atomic E-state index is 14.5. The molecule has 3 rings (SSSR count). The summed E-state index contributed by atoms with van der Waals surface area (Å²) in [4.78, 5) is 17.4. The van der Waals surface area contributed by atoms with Crippen LogP contribution in [0.1, 0.15) is 11.9 Å². The predicted molar refractivity (Wildman–Crippen MR) is 78.9 cm³/mol. The van der Waals surface area contributed by atoms with Crippen molar-refractivity contribution in [3.05, 3.63) is 46.7 Å². The van der Waals surface area contributed by atoms with Gasteiger partial charge in [0.05, 0.1) is 16.2 Å². The standard InChI is InChI=1S/C14H8ClF2N3O2.Na.H/c15-7-10(18)9(17)12(20-13(7)14(21)22)6-2-1-5-3-4-19-11(5)8(6)16;;/h1-4,19H,(H2,18,20)(H,21,22);;/q;+1;-1. The van der Waals surface area contributed by atoms with Gasteiger partial charge in [0.25, 0.3) is 0 Å². The predicted octanol–water partition coefficient (Wildman–Crippen LogP) is 0.558. The number of carbonyl (C=O) groups is 1. The molecule has 0 unspecified atom stereocenters. The summed E-state index contributed by atoms with van der Waals surface area (Å²) in [6.07, 6.45) is 1.53. The number of nitrogens with two attached hydrogens (primary N) is 1. The summed E-state index contributed by atoms with van der Waals surface area (Å²) < 4.78 is 28.7. The average Bonchev–Trinajstić information content (AvgIpc) is 2.95. The molecule has 2 aromatic heterocycles. The van der Waals surface area contributed by atoms with Gasteiger partial charge in [-0.3, -0.25) is 0 Å². The molecule has 4 N–H and O–H groups in total. The molecule has 0 aliphatic rings. The van der Waals surface area contributed by atoms with E-state index in [1.807, 2.05) is 0 Å². The van der Waals surface area contributed by atoms with Crippen LogP contribution in [0.3, 0.4) is 0 Å². The molecule has 3 aromatic rings. The second-order valence-corrected chi connectivity index (χ2v) is 4.90. The summed E-state index contributed by atoms with van der Waals surface area (Å²) in [5, 5.41) is 9.10. The van der Waals surface area contributed by atoms with E-state index in [4.69, 9.17) is 22.4 Å². The van der Waals surface area contributed by atoms with Crippen molar-refractivity contribution in [2.75, 3.05) is 5.73 Å². The van der Waals surface area contributed by atoms with Crippen molar-refractivity contribution in [2.45, 2.75) is 0 Å². The van der Waals surface area contributed by atoms with Gasteiger partial charge in [-0.05, 0) is 12.1 Å². The first-order valence-corrected chi connectivity index (χ1v) is 6.43. The molecule has 114 valence electrons. The third-order valence-electron chi connectivity index (χ3n) is 3.23. The van der Waals surface area contributed by atoms with E-state index in [0.717, 1.165) is 0 Å². The van der Waals surface area contributed by atoms with Crippen LogP contribution in [0.4, 0.5) is 14.5 Å². The number of anilines is 1. The Bertz CT molecular complexity index is 936. The molecule has 9 heteroatoms. The molecule has 23 heavy (non-hydrogen) atoms. The number of aromatic carboxylic acids is 1. The fraction of sp³-hybridized carbons (Fsp3) is 0. The summed E-state index contributed by atoms with van der Waals surface area (Å²) in [6, 6.07) is 4.50. The number of fused-ring (bicyclic) bond motifs is 1. The van der Waals surface area contributed by atoms with Gasteiger partial charge in [0.15, 0.2) is 17.3 Å². The minimum Gasteiger partial charge on any atom is -1.00 e. The summed E-state index contributed by atoms with van der Waals surface area (Å²) in [7, 11) is 0. The molecule has 0 saturated carbocycles. The van der Waals surface area contributed by atoms with Crippen molar-refractivity contribution >= 4 is 34.2 Å². The Morgan fingerprint density at radius 3 is 2.65 bits per heavy atom. The minimum absolute atomic E-state index is 0. The molecule has 0 radical (unpaired) electrons. The van der Waals surface area contributed by atoms with Crippen LogP contribution in [-0.4, -0.2) is 21.0 Å². The first-order chi connectivity index (χ1) is 10.4. The molecule has 0 aliphatic heterocycles. The van der Waals surface area contributed by atoms with Crippen LogP contribution in [0.25, 0.3) is 22.2 Å². The number of carboxylic acid groups (broad SMARTS) is 1. The summed E-state index contributed by atoms with van der Waals surface area (Å²) in [6.45, 7) is 0. The summed E-state index contributed by atoms with van der Waals surface area (Å²) in [5.74, 6) is -3.31. The van der Waals surface area contributed by atoms with Gasteiger partial charge in [-0.15, -0.1) is 0 Å². The number of benzene rings is 1. The Morgan fingerprint density at radius 1 is 1.30 bits per heavy atom. The molecule has 0 atom stereocenters. The summed E-state index contributed by atoms with van der Waals surface area (Å²) in [5.41, 5.74) is 3.68. The van der Waals surface area contributed by atoms with E-state index >= 15 is 0 Å². The van der Waals surface area contributed by atoms with Crippen LogP contribution in [0.15, 0.2) is 24.4 Å². The van der Waals surface area contributed by atoms with E-state index in [-0.39, 0.29) is 42.1 Å². The largest absolute Gasteiger partial charge is 1.00 e. The fourth-order valence-corrected chi connectivity index (χ4v) is 2.36. The Labute approximate surface area is 157 Å². The van der Waals surface area contributed by atoms with Crippen molar-refractivity contribution in [1.29, 1.82) is 0 Å². The Kier molecular flexibility index (Phi) is 4.95. The molecular weight excluding hydrogens is 339 g/mol. The topological polar surface area (TPSA) is 92.0 Å². The molecular formula is C14H9ClF2N3NaO2. The van der Waals surface area contributed by atoms with Crippen LogP contribution < -0.4 is 35.3 Å². The molecule has 0 spiro atoms. The number of nitrogens with zero attached hydrogens (tertiary/aromatic N) is 1. The number of carboxylic acids is 1. The van der Waals surface area contributed by atoms with Crippen LogP contribution >= 0.6 is 11.6 Å². The number of nitrogen functional groups attached to an aromatic ring is 1. The van der Waals surface area contributed by atoms with Crippen LogP contribution in [-0.2, 0) is 0 Å². The van der Waals surface area contributed by atoms with Gasteiger partial charge in [-0.1, -0.05) is 17.7 Å². The zero-order valence-electron chi connectivity index (χ0n) is 12.8. The molecule has 1 aromatic carbocycles. The van der Waals surface area contributed by atoms with Gasteiger partial charge in [0.2, 0.25) is 0 Å². The Balaban J connectivity index is 0.00000144. The van der Waals surface area contributed by atoms with E-state index in [2.05, 4.69) is 9.97 Å². The number of hydrogen-bond acceptors (Lipinski definition) is 3. The molecule has 0 bridgehead atoms. The van der Waals surface area contributed by atoms with E-state index in [0.29, 0.717) is 5.39 Å². The first-order valence-electron chi connectivity index (χ1n) is 6.05. The van der Waals surface area contributed by atoms with Gasteiger partial charge in [-0.2, -0.15) is 0 Å². The van der Waals surface area contributed by atoms with Crippen LogP contribution in [0.2, 0.25) is 5.02 Å². The third kappa shape index (κ3) is 2.81. The number of hydrogen-bond donors (Lipinski definition) is 3. The molecule has 0 aliphatic carbocycles. The van der Waals surface area contributed by atoms with E-state index < -0.39 is 39.7 Å². The van der Waals surface area contributed by atoms with Crippen molar-refractivity contribution in [1.82, 2.24) is 9.97 Å². The number of aromatic amines is 1. The fourth-order valence-electron chi connectivity index (χ4n) is 2.16. The van der Waals surface area contributed by atoms with Crippen molar-refractivity contribution < 1.29 is 49.7 Å². The quantitative estimate of drug-likeness (QED) is 0.591. The molecule has 2 heterocycles. The van der Waals surface area contributed by atoms with E-state index in [1.165, 1.54) is 12.3 Å². The van der Waals surface area contributed by atoms with Gasteiger partial charge >= 0.3 is 35.5 Å². The average molecular weight is 348 g/mol. The van der Waals surface area contributed by atoms with Crippen molar-refractivity contribution in [3.63, 3.8) is 0 Å². The molecule has 0 amide bonds. The normalized spacial score (nSPS) is 10.6. The number of rotatable bonds is 2. The van der Waals surface area contributed by atoms with Gasteiger partial charge in [-0.25, -0.2) is 18.6 Å². The van der Waals surface area contributed by atoms with Gasteiger partial charge < -0.3 is 17.3 Å². The number of halogens is 3. The molecule has 5 nitrogen and oxygen atoms in total. The maximum Gasteiger partial charge on any atom is 1.00 e. The number of pyridine rings is 1. The second kappa shape index (κ2) is 6.45. The number of nitrogens with one attached hydrogen (secondary N) is 1. The smallest absolute Gasteiger partial charge is 1.00 e. The van der Waals surface area contributed by atoms with Crippen LogP contribution in [0, 0.1) is 11.6 Å². The number of aromatic nitrogens is 2. The number of H-pyrrole nitrogens is 1. The molecule has 0 fully saturated rings. The van der Waals surface area contributed by atoms with Crippen LogP contribution in [0.5, 0.6) is 0 Å². The second-order valence-electron chi connectivity index (χ2n) is 4.52. The Morgan fingerprint density at radius 2 is 2.00 bits per heavy atom. The zero-order chi connectivity index (χ0) is 16.0. The first kappa shape index (κ1) is 17.7. The monoisotopic (exact) mass is 347 g/mol. The van der Waals surface area contributed by atoms with Crippen molar-refractivity contribution in [3.8, 4) is 11.3 Å². The summed E-state index contributed by atoms with van der Waals surface area (Å²) >= 11 is 5.66. The Hall–Kier alpha value is -1.67. The SMILES string of the molecule is Nc1c(F)c(-c2ccc3cc[nH]c3c2F)nc(C(=O)O)c1Cl.[H-].[Na+]. The third-order valence-corrected chi connectivity index (χ3v) is 3.62. The van der Waals surface area contributed by atoms with E-state index in [1.54, 1.807) is 12.1 Å². The minimum atomic E-state index is -1.49. The van der Waals surface area contributed by atoms with Gasteiger partial charge in [0, 0.05) is 17.1 Å². The maximum absolute atomic E-state index is 14.5. The molecule has 0 saturated heterocycles. The van der Waals surface area contributed by atoms with E-state index in [9.17, 15) is 13.6 Å². The van der Waals surface area contributed by atoms with Gasteiger partial charge in [0.1, 0.15) is 5.69 Å².